The molecule has 0 bridgehead atoms. The van der Waals surface area contributed by atoms with Gasteiger partial charge < -0.3 is 34.6 Å². The van der Waals surface area contributed by atoms with Crippen LogP contribution in [-0.2, 0) is 23.8 Å². The van der Waals surface area contributed by atoms with Gasteiger partial charge in [-0.2, -0.15) is 0 Å². The van der Waals surface area contributed by atoms with Crippen LogP contribution in [0.1, 0.15) is 113 Å². The Balaban J connectivity index is 1.28. The molecule has 0 radical (unpaired) electrons. The number of carboxylic acids is 1. The lowest BCUT2D eigenvalue weighted by Gasteiger charge is -2.71. The number of rotatable bonds is 4. The van der Waals surface area contributed by atoms with Gasteiger partial charge in [-0.05, 0) is 109 Å². The summed E-state index contributed by atoms with van der Waals surface area (Å²) < 4.78 is 17.0. The SMILES string of the molecule is COC(=O)[C@H]1O[C@@H](O[C@H]2CC[C@@]3(C)[C@@H](CC[C@]4(C)[C@H]3CC=C3[C@@H]5CC(C)(C)CC[C@]5(C(=O)O)CC[C@]34C)C2(C)C)[C@H](O)[C@@H](O)[C@@H]1O. The minimum atomic E-state index is -1.62. The van der Waals surface area contributed by atoms with Crippen molar-refractivity contribution in [2.45, 2.75) is 149 Å². The Labute approximate surface area is 274 Å². The van der Waals surface area contributed by atoms with Crippen LogP contribution in [0.3, 0.4) is 0 Å². The summed E-state index contributed by atoms with van der Waals surface area (Å²) in [6.07, 6.45) is 3.73. The Hall–Kier alpha value is -1.52. The van der Waals surface area contributed by atoms with Crippen molar-refractivity contribution in [1.82, 2.24) is 0 Å². The Morgan fingerprint density at radius 3 is 2.17 bits per heavy atom. The van der Waals surface area contributed by atoms with Gasteiger partial charge in [-0.25, -0.2) is 4.79 Å². The quantitative estimate of drug-likeness (QED) is 0.183. The fourth-order valence-corrected chi connectivity index (χ4v) is 12.3. The summed E-state index contributed by atoms with van der Waals surface area (Å²) in [5, 5.41) is 42.4. The second kappa shape index (κ2) is 11.0. The Kier molecular flexibility index (Phi) is 8.21. The third-order valence-electron chi connectivity index (χ3n) is 15.3. The van der Waals surface area contributed by atoms with Crippen LogP contribution in [0.15, 0.2) is 11.6 Å². The summed E-state index contributed by atoms with van der Waals surface area (Å²) >= 11 is 0. The largest absolute Gasteiger partial charge is 0.481 e. The summed E-state index contributed by atoms with van der Waals surface area (Å²) in [5.74, 6) is -0.600. The molecule has 0 aromatic rings. The number of esters is 1. The molecular formula is C37H58O9. The van der Waals surface area contributed by atoms with Crippen molar-refractivity contribution in [2.75, 3.05) is 7.11 Å². The molecular weight excluding hydrogens is 588 g/mol. The molecule has 1 saturated heterocycles. The zero-order chi connectivity index (χ0) is 33.8. The highest BCUT2D eigenvalue weighted by molar-refractivity contribution is 5.77. The lowest BCUT2D eigenvalue weighted by molar-refractivity contribution is -0.324. The van der Waals surface area contributed by atoms with Gasteiger partial charge in [-0.1, -0.05) is 60.1 Å². The van der Waals surface area contributed by atoms with Crippen LogP contribution in [0.5, 0.6) is 0 Å². The monoisotopic (exact) mass is 646 g/mol. The molecule has 6 aliphatic rings. The lowest BCUT2D eigenvalue weighted by atomic mass is 9.33. The van der Waals surface area contributed by atoms with Crippen LogP contribution in [0.25, 0.3) is 0 Å². The lowest BCUT2D eigenvalue weighted by Crippen LogP contribution is -2.66. The molecule has 46 heavy (non-hydrogen) atoms. The topological polar surface area (TPSA) is 143 Å². The number of aliphatic hydroxyl groups excluding tert-OH is 3. The molecule has 4 saturated carbocycles. The number of carbonyl (C=O) groups is 2. The highest BCUT2D eigenvalue weighted by Crippen LogP contribution is 2.76. The van der Waals surface area contributed by atoms with Crippen molar-refractivity contribution < 1.29 is 44.2 Å². The summed E-state index contributed by atoms with van der Waals surface area (Å²) in [6, 6.07) is 0. The number of ether oxygens (including phenoxy) is 3. The predicted molar refractivity (Wildman–Crippen MR) is 170 cm³/mol. The molecule has 5 fully saturated rings. The molecule has 1 heterocycles. The first kappa shape index (κ1) is 34.3. The number of allylic oxidation sites excluding steroid dienone is 2. The Bertz CT molecular complexity index is 1280. The van der Waals surface area contributed by atoms with Crippen LogP contribution >= 0.6 is 0 Å². The molecule has 9 heteroatoms. The number of carbonyl (C=O) groups excluding carboxylic acids is 1. The van der Waals surface area contributed by atoms with E-state index in [4.69, 9.17) is 14.2 Å². The van der Waals surface area contributed by atoms with E-state index in [0.29, 0.717) is 11.8 Å². The summed E-state index contributed by atoms with van der Waals surface area (Å²) in [6.45, 7) is 16.5. The van der Waals surface area contributed by atoms with E-state index in [9.17, 15) is 30.0 Å². The molecule has 0 amide bonds. The fraction of sp³-hybridized carbons (Fsp3) is 0.892. The zero-order valence-corrected chi connectivity index (χ0v) is 29.2. The molecule has 9 nitrogen and oxygen atoms in total. The fourth-order valence-electron chi connectivity index (χ4n) is 12.3. The normalized spacial score (nSPS) is 50.9. The van der Waals surface area contributed by atoms with Crippen LogP contribution in [0.4, 0.5) is 0 Å². The minimum Gasteiger partial charge on any atom is -0.481 e. The van der Waals surface area contributed by atoms with Crippen LogP contribution < -0.4 is 0 Å². The average Bonchev–Trinajstić information content (AvgIpc) is 2.98. The van der Waals surface area contributed by atoms with Gasteiger partial charge in [-0.3, -0.25) is 4.79 Å². The van der Waals surface area contributed by atoms with Crippen molar-refractivity contribution in [1.29, 1.82) is 0 Å². The van der Waals surface area contributed by atoms with Crippen molar-refractivity contribution in [2.24, 2.45) is 50.2 Å². The maximum Gasteiger partial charge on any atom is 0.337 e. The minimum absolute atomic E-state index is 0.0187. The molecule has 13 atom stereocenters. The van der Waals surface area contributed by atoms with Gasteiger partial charge in [0.05, 0.1) is 18.6 Å². The molecule has 1 aliphatic heterocycles. The average molecular weight is 647 g/mol. The highest BCUT2D eigenvalue weighted by Gasteiger charge is 2.69. The number of methoxy groups -OCH3 is 1. The van der Waals surface area contributed by atoms with Crippen molar-refractivity contribution in [3.63, 3.8) is 0 Å². The Morgan fingerprint density at radius 2 is 1.52 bits per heavy atom. The molecule has 0 unspecified atom stereocenters. The standard InChI is InChI=1S/C37H58O9/c1-32(2)15-17-37(31(42)43)18-16-35(6)20(21(37)19-32)9-10-23-34(5)13-12-24(33(3,4)22(34)11-14-36(23,35)7)45-30-27(40)25(38)26(39)28(46-30)29(41)44-8/h9,21-28,30,38-40H,10-19H2,1-8H3,(H,42,43)/t21-,22-,23-,24-,25-,26-,27+,28-,30+,34-,35+,36+,37-/m0/s1. The van der Waals surface area contributed by atoms with E-state index in [1.807, 2.05) is 0 Å². The summed E-state index contributed by atoms with van der Waals surface area (Å²) in [5.41, 5.74) is 0.605. The molecule has 0 aromatic carbocycles. The number of aliphatic carboxylic acids is 1. The molecule has 0 aromatic heterocycles. The smallest absolute Gasteiger partial charge is 0.337 e. The van der Waals surface area contributed by atoms with E-state index in [1.54, 1.807) is 0 Å². The second-order valence-corrected chi connectivity index (χ2v) is 18.1. The Morgan fingerprint density at radius 1 is 0.848 bits per heavy atom. The first-order valence-corrected chi connectivity index (χ1v) is 17.7. The first-order valence-electron chi connectivity index (χ1n) is 17.7. The first-order chi connectivity index (χ1) is 21.3. The van der Waals surface area contributed by atoms with Gasteiger partial charge in [0.1, 0.15) is 18.3 Å². The number of hydrogen-bond donors (Lipinski definition) is 4. The van der Waals surface area contributed by atoms with Crippen LogP contribution in [0.2, 0.25) is 0 Å². The van der Waals surface area contributed by atoms with Crippen molar-refractivity contribution in [3.05, 3.63) is 11.6 Å². The van der Waals surface area contributed by atoms with E-state index < -0.39 is 48.1 Å². The van der Waals surface area contributed by atoms with E-state index in [0.717, 1.165) is 64.2 Å². The molecule has 0 spiro atoms. The highest BCUT2D eigenvalue weighted by atomic mass is 16.7. The maximum absolute atomic E-state index is 13.0. The zero-order valence-electron chi connectivity index (χ0n) is 29.2. The molecule has 260 valence electrons. The van der Waals surface area contributed by atoms with Crippen molar-refractivity contribution >= 4 is 11.9 Å². The second-order valence-electron chi connectivity index (χ2n) is 18.1. The number of aliphatic hydroxyl groups is 3. The van der Waals surface area contributed by atoms with Gasteiger partial charge in [0.15, 0.2) is 12.4 Å². The third-order valence-corrected chi connectivity index (χ3v) is 15.3. The van der Waals surface area contributed by atoms with Gasteiger partial charge in [-0.15, -0.1) is 0 Å². The summed E-state index contributed by atoms with van der Waals surface area (Å²) in [4.78, 5) is 25.2. The predicted octanol–water partition coefficient (Wildman–Crippen LogP) is 5.24. The van der Waals surface area contributed by atoms with Gasteiger partial charge in [0, 0.05) is 0 Å². The van der Waals surface area contributed by atoms with E-state index in [-0.39, 0.29) is 39.1 Å². The van der Waals surface area contributed by atoms with Gasteiger partial charge in [0.25, 0.3) is 0 Å². The third kappa shape index (κ3) is 4.64. The molecule has 6 rings (SSSR count). The van der Waals surface area contributed by atoms with Crippen molar-refractivity contribution in [3.8, 4) is 0 Å². The van der Waals surface area contributed by atoms with E-state index >= 15 is 0 Å². The van der Waals surface area contributed by atoms with E-state index in [2.05, 4.69) is 54.5 Å². The van der Waals surface area contributed by atoms with Gasteiger partial charge >= 0.3 is 11.9 Å². The van der Waals surface area contributed by atoms with E-state index in [1.165, 1.54) is 12.7 Å². The van der Waals surface area contributed by atoms with Gasteiger partial charge in [0.2, 0.25) is 0 Å². The van der Waals surface area contributed by atoms with Crippen LogP contribution in [-0.4, -0.2) is 76.3 Å². The van der Waals surface area contributed by atoms with Crippen LogP contribution in [0, 0.1) is 50.2 Å². The number of hydrogen-bond acceptors (Lipinski definition) is 8. The summed E-state index contributed by atoms with van der Waals surface area (Å²) in [7, 11) is 1.18. The molecule has 5 aliphatic carbocycles. The number of carboxylic acid groups (broad SMARTS) is 1. The molecule has 4 N–H and O–H groups in total. The maximum atomic E-state index is 13.0. The number of fused-ring (bicyclic) bond motifs is 7.